The molecule has 0 bridgehead atoms. The normalized spacial score (nSPS) is 17.9. The largest absolute Gasteiger partial charge is 0.478 e. The summed E-state index contributed by atoms with van der Waals surface area (Å²) in [6.45, 7) is 3.67. The summed E-state index contributed by atoms with van der Waals surface area (Å²) in [6.07, 6.45) is 0.795. The molecule has 2 atom stereocenters. The van der Waals surface area contributed by atoms with Crippen LogP contribution in [0.1, 0.15) is 42.2 Å². The van der Waals surface area contributed by atoms with Crippen molar-refractivity contribution in [2.24, 2.45) is 0 Å². The standard InChI is InChI=1S/C25H24N2O3/c1-16-14-23(26-21-6-4-3-5-7-21)22-15-20(12-13-24(22)27(16)17(2)28)18-8-10-19(11-9-18)25(29)30/h3-13,15-16,23,26H,14H2,1-2H3,(H,29,30)/t16-,23+/m1/s1. The molecule has 4 rings (SSSR count). The smallest absolute Gasteiger partial charge is 0.335 e. The van der Waals surface area contributed by atoms with E-state index < -0.39 is 5.97 Å². The van der Waals surface area contributed by atoms with Crippen LogP contribution in [-0.2, 0) is 4.79 Å². The molecule has 0 spiro atoms. The minimum Gasteiger partial charge on any atom is -0.478 e. The summed E-state index contributed by atoms with van der Waals surface area (Å²) >= 11 is 0. The summed E-state index contributed by atoms with van der Waals surface area (Å²) in [5.41, 5.74) is 5.20. The first-order chi connectivity index (χ1) is 14.4. The lowest BCUT2D eigenvalue weighted by atomic mass is 9.88. The first kappa shape index (κ1) is 19.7. The maximum Gasteiger partial charge on any atom is 0.335 e. The van der Waals surface area contributed by atoms with Crippen LogP contribution in [0.25, 0.3) is 11.1 Å². The molecular formula is C25H24N2O3. The number of hydrogen-bond acceptors (Lipinski definition) is 3. The minimum absolute atomic E-state index is 0.0282. The van der Waals surface area contributed by atoms with E-state index in [1.54, 1.807) is 19.1 Å². The van der Waals surface area contributed by atoms with E-state index in [4.69, 9.17) is 5.11 Å². The van der Waals surface area contributed by atoms with Crippen molar-refractivity contribution in [3.8, 4) is 11.1 Å². The number of carboxylic acids is 1. The number of fused-ring (bicyclic) bond motifs is 1. The number of hydrogen-bond donors (Lipinski definition) is 2. The summed E-state index contributed by atoms with van der Waals surface area (Å²) in [5, 5.41) is 12.8. The second-order valence-corrected chi connectivity index (χ2v) is 7.69. The summed E-state index contributed by atoms with van der Waals surface area (Å²) in [5.74, 6) is -0.911. The van der Waals surface area contributed by atoms with Gasteiger partial charge in [0, 0.05) is 24.3 Å². The predicted octanol–water partition coefficient (Wildman–Crippen LogP) is 5.35. The first-order valence-electron chi connectivity index (χ1n) is 10.0. The van der Waals surface area contributed by atoms with Gasteiger partial charge in [0.2, 0.25) is 5.91 Å². The van der Waals surface area contributed by atoms with Crippen LogP contribution in [0, 0.1) is 0 Å². The van der Waals surface area contributed by atoms with Gasteiger partial charge in [0.1, 0.15) is 0 Å². The molecule has 0 unspecified atom stereocenters. The third-order valence-corrected chi connectivity index (χ3v) is 5.60. The van der Waals surface area contributed by atoms with Gasteiger partial charge in [0.15, 0.2) is 0 Å². The highest BCUT2D eigenvalue weighted by molar-refractivity contribution is 5.94. The molecule has 5 nitrogen and oxygen atoms in total. The van der Waals surface area contributed by atoms with Gasteiger partial charge >= 0.3 is 5.97 Å². The van der Waals surface area contributed by atoms with Crippen LogP contribution in [0.4, 0.5) is 11.4 Å². The van der Waals surface area contributed by atoms with Crippen molar-refractivity contribution >= 4 is 23.3 Å². The molecule has 1 aliphatic heterocycles. The average molecular weight is 400 g/mol. The number of carbonyl (C=O) groups is 2. The lowest BCUT2D eigenvalue weighted by Crippen LogP contribution is -2.43. The van der Waals surface area contributed by atoms with Crippen LogP contribution >= 0.6 is 0 Å². The number of rotatable bonds is 4. The van der Waals surface area contributed by atoms with Gasteiger partial charge in [-0.15, -0.1) is 0 Å². The first-order valence-corrected chi connectivity index (χ1v) is 10.0. The Hall–Kier alpha value is -3.60. The van der Waals surface area contributed by atoms with Crippen molar-refractivity contribution in [1.82, 2.24) is 0 Å². The summed E-state index contributed by atoms with van der Waals surface area (Å²) in [4.78, 5) is 25.3. The van der Waals surface area contributed by atoms with E-state index in [0.29, 0.717) is 0 Å². The van der Waals surface area contributed by atoms with Gasteiger partial charge in [0.05, 0.1) is 11.6 Å². The number of nitrogens with zero attached hydrogens (tertiary/aromatic N) is 1. The van der Waals surface area contributed by atoms with E-state index in [1.807, 2.05) is 59.5 Å². The van der Waals surface area contributed by atoms with Crippen molar-refractivity contribution in [3.05, 3.63) is 83.9 Å². The Labute approximate surface area is 176 Å². The quantitative estimate of drug-likeness (QED) is 0.619. The Kier molecular flexibility index (Phi) is 5.27. The highest BCUT2D eigenvalue weighted by Gasteiger charge is 2.32. The van der Waals surface area contributed by atoms with Crippen molar-refractivity contribution in [3.63, 3.8) is 0 Å². The van der Waals surface area contributed by atoms with E-state index in [1.165, 1.54) is 0 Å². The molecule has 2 N–H and O–H groups in total. The fraction of sp³-hybridized carbons (Fsp3) is 0.200. The van der Waals surface area contributed by atoms with E-state index in [-0.39, 0.29) is 23.6 Å². The Morgan fingerprint density at radius 1 is 0.967 bits per heavy atom. The van der Waals surface area contributed by atoms with E-state index in [2.05, 4.69) is 18.3 Å². The van der Waals surface area contributed by atoms with E-state index in [0.717, 1.165) is 34.5 Å². The summed E-state index contributed by atoms with van der Waals surface area (Å²) in [6, 6.07) is 23.1. The van der Waals surface area contributed by atoms with Crippen molar-refractivity contribution in [1.29, 1.82) is 0 Å². The van der Waals surface area contributed by atoms with Gasteiger partial charge in [-0.05, 0) is 66.4 Å². The highest BCUT2D eigenvalue weighted by Crippen LogP contribution is 2.41. The molecule has 3 aromatic carbocycles. The van der Waals surface area contributed by atoms with Gasteiger partial charge in [0.25, 0.3) is 0 Å². The summed E-state index contributed by atoms with van der Waals surface area (Å²) in [7, 11) is 0. The molecule has 5 heteroatoms. The molecule has 1 aliphatic rings. The average Bonchev–Trinajstić information content (AvgIpc) is 2.74. The second kappa shape index (κ2) is 8.03. The van der Waals surface area contributed by atoms with Crippen molar-refractivity contribution in [2.75, 3.05) is 10.2 Å². The van der Waals surface area contributed by atoms with Gasteiger partial charge in [-0.3, -0.25) is 4.79 Å². The van der Waals surface area contributed by atoms with Gasteiger partial charge in [-0.1, -0.05) is 36.4 Å². The lowest BCUT2D eigenvalue weighted by molar-refractivity contribution is -0.117. The van der Waals surface area contributed by atoms with Crippen LogP contribution in [0.5, 0.6) is 0 Å². The Morgan fingerprint density at radius 3 is 2.27 bits per heavy atom. The molecule has 1 heterocycles. The van der Waals surface area contributed by atoms with Crippen LogP contribution in [0.3, 0.4) is 0 Å². The van der Waals surface area contributed by atoms with Gasteiger partial charge in [-0.2, -0.15) is 0 Å². The second-order valence-electron chi connectivity index (χ2n) is 7.69. The number of carbonyl (C=O) groups excluding carboxylic acids is 1. The van der Waals surface area contributed by atoms with Gasteiger partial charge in [-0.25, -0.2) is 4.79 Å². The SMILES string of the molecule is CC(=O)N1c2ccc(-c3ccc(C(=O)O)cc3)cc2[C@@H](Nc2ccccc2)C[C@H]1C. The zero-order valence-electron chi connectivity index (χ0n) is 17.0. The molecule has 0 saturated carbocycles. The molecular weight excluding hydrogens is 376 g/mol. The van der Waals surface area contributed by atoms with Gasteiger partial charge < -0.3 is 15.3 Å². The molecule has 1 amide bonds. The zero-order chi connectivity index (χ0) is 21.3. The van der Waals surface area contributed by atoms with Crippen LogP contribution < -0.4 is 10.2 Å². The fourth-order valence-electron chi connectivity index (χ4n) is 4.20. The highest BCUT2D eigenvalue weighted by atomic mass is 16.4. The molecule has 3 aromatic rings. The molecule has 0 fully saturated rings. The summed E-state index contributed by atoms with van der Waals surface area (Å²) < 4.78 is 0. The number of nitrogens with one attached hydrogen (secondary N) is 1. The number of aromatic carboxylic acids is 1. The Balaban J connectivity index is 1.76. The van der Waals surface area contributed by atoms with Crippen LogP contribution in [-0.4, -0.2) is 23.0 Å². The molecule has 0 aromatic heterocycles. The van der Waals surface area contributed by atoms with Crippen LogP contribution in [0.15, 0.2) is 72.8 Å². The molecule has 152 valence electrons. The third-order valence-electron chi connectivity index (χ3n) is 5.60. The molecule has 0 saturated heterocycles. The number of para-hydroxylation sites is 1. The predicted molar refractivity (Wildman–Crippen MR) is 119 cm³/mol. The zero-order valence-corrected chi connectivity index (χ0v) is 17.0. The minimum atomic E-state index is -0.940. The van der Waals surface area contributed by atoms with Crippen LogP contribution in [0.2, 0.25) is 0 Å². The number of carboxylic acid groups (broad SMARTS) is 1. The lowest BCUT2D eigenvalue weighted by Gasteiger charge is -2.39. The number of benzene rings is 3. The number of anilines is 2. The van der Waals surface area contributed by atoms with Crippen molar-refractivity contribution in [2.45, 2.75) is 32.4 Å². The van der Waals surface area contributed by atoms with Crippen molar-refractivity contribution < 1.29 is 14.7 Å². The topological polar surface area (TPSA) is 69.6 Å². The maximum absolute atomic E-state index is 12.3. The maximum atomic E-state index is 12.3. The van der Waals surface area contributed by atoms with E-state index in [9.17, 15) is 9.59 Å². The third kappa shape index (κ3) is 3.79. The Bertz CT molecular complexity index is 1080. The Morgan fingerprint density at radius 2 is 1.63 bits per heavy atom. The fourth-order valence-corrected chi connectivity index (χ4v) is 4.20. The molecule has 30 heavy (non-hydrogen) atoms. The monoisotopic (exact) mass is 400 g/mol. The molecule has 0 radical (unpaired) electrons. The molecule has 0 aliphatic carbocycles. The number of amides is 1. The van der Waals surface area contributed by atoms with E-state index >= 15 is 0 Å².